The fraction of sp³-hybridized carbons (Fsp3) is 0.143. The zero-order valence-electron chi connectivity index (χ0n) is 5.23. The van der Waals surface area contributed by atoms with Gasteiger partial charge in [0.05, 0.1) is 0 Å². The molecule has 1 rings (SSSR count). The number of aliphatic hydroxyl groups is 2. The van der Waals surface area contributed by atoms with E-state index in [1.807, 2.05) is 0 Å². The molecule has 0 saturated heterocycles. The number of benzene rings is 1. The molecule has 0 unspecified atom stereocenters. The van der Waals surface area contributed by atoms with Crippen LogP contribution < -0.4 is 0 Å². The molecule has 0 aliphatic heterocycles. The summed E-state index contributed by atoms with van der Waals surface area (Å²) in [6, 6.07) is 8.41. The molecule has 0 bridgehead atoms. The van der Waals surface area contributed by atoms with Crippen molar-refractivity contribution in [1.29, 1.82) is 0 Å². The van der Waals surface area contributed by atoms with E-state index < -0.39 is 5.12 Å². The highest BCUT2D eigenvalue weighted by atomic mass is 32.1. The van der Waals surface area contributed by atoms with Gasteiger partial charge in [-0.1, -0.05) is 30.3 Å². The summed E-state index contributed by atoms with van der Waals surface area (Å²) in [5.41, 5.74) is 0.373. The number of hydrogen-bond acceptors (Lipinski definition) is 3. The van der Waals surface area contributed by atoms with Crippen molar-refractivity contribution in [1.82, 2.24) is 0 Å². The van der Waals surface area contributed by atoms with Gasteiger partial charge >= 0.3 is 0 Å². The standard InChI is InChI=1S/C7H8O2S/c8-7(9,10)6-4-2-1-3-5-6/h1-5,8-10H. The molecule has 0 heterocycles. The van der Waals surface area contributed by atoms with E-state index in [9.17, 15) is 0 Å². The summed E-state index contributed by atoms with van der Waals surface area (Å²) in [5, 5.41) is 15.8. The third-order valence-corrected chi connectivity index (χ3v) is 1.42. The van der Waals surface area contributed by atoms with Crippen molar-refractivity contribution >= 4 is 12.6 Å². The van der Waals surface area contributed by atoms with Gasteiger partial charge in [0.15, 0.2) is 0 Å². The van der Waals surface area contributed by atoms with Gasteiger partial charge in [-0.05, 0) is 0 Å². The van der Waals surface area contributed by atoms with Crippen molar-refractivity contribution in [3.8, 4) is 0 Å². The lowest BCUT2D eigenvalue weighted by atomic mass is 10.2. The first-order chi connectivity index (χ1) is 4.61. The van der Waals surface area contributed by atoms with E-state index in [-0.39, 0.29) is 0 Å². The summed E-state index contributed by atoms with van der Waals surface area (Å²) in [5.74, 6) is 0. The van der Waals surface area contributed by atoms with Gasteiger partial charge in [-0.3, -0.25) is 0 Å². The second-order valence-corrected chi connectivity index (χ2v) is 2.63. The van der Waals surface area contributed by atoms with Crippen LogP contribution in [0, 0.1) is 0 Å². The molecule has 0 aliphatic rings. The van der Waals surface area contributed by atoms with Crippen LogP contribution in [-0.2, 0) is 5.12 Å². The molecule has 1 aromatic rings. The maximum absolute atomic E-state index is 8.91. The van der Waals surface area contributed by atoms with E-state index in [1.165, 1.54) is 0 Å². The molecule has 2 nitrogen and oxygen atoms in total. The molecule has 1 aromatic carbocycles. The van der Waals surface area contributed by atoms with Gasteiger partial charge in [0.25, 0.3) is 0 Å². The SMILES string of the molecule is OC(O)(S)c1ccccc1. The Balaban J connectivity index is 2.97. The molecule has 3 heteroatoms. The predicted molar refractivity (Wildman–Crippen MR) is 41.5 cm³/mol. The van der Waals surface area contributed by atoms with Gasteiger partial charge in [0.1, 0.15) is 0 Å². The second kappa shape index (κ2) is 2.62. The van der Waals surface area contributed by atoms with Crippen molar-refractivity contribution < 1.29 is 10.2 Å². The smallest absolute Gasteiger partial charge is 0.238 e. The Labute approximate surface area is 64.5 Å². The molecule has 10 heavy (non-hydrogen) atoms. The monoisotopic (exact) mass is 156 g/mol. The molecule has 0 fully saturated rings. The Kier molecular flexibility index (Phi) is 1.99. The molecule has 54 valence electrons. The Hall–Kier alpha value is -0.510. The van der Waals surface area contributed by atoms with Gasteiger partial charge in [-0.2, -0.15) is 0 Å². The highest BCUT2D eigenvalue weighted by molar-refractivity contribution is 7.80. The van der Waals surface area contributed by atoms with Crippen molar-refractivity contribution in [2.24, 2.45) is 0 Å². The minimum atomic E-state index is -2.01. The van der Waals surface area contributed by atoms with Gasteiger partial charge < -0.3 is 10.2 Å². The van der Waals surface area contributed by atoms with Crippen LogP contribution in [0.3, 0.4) is 0 Å². The topological polar surface area (TPSA) is 40.5 Å². The Bertz CT molecular complexity index is 203. The third kappa shape index (κ3) is 1.73. The summed E-state index contributed by atoms with van der Waals surface area (Å²) in [7, 11) is 0. The molecule has 0 aliphatic carbocycles. The number of rotatable bonds is 1. The van der Waals surface area contributed by atoms with E-state index in [2.05, 4.69) is 12.6 Å². The lowest BCUT2D eigenvalue weighted by Crippen LogP contribution is -2.15. The molecular formula is C7H8O2S. The van der Waals surface area contributed by atoms with Crippen molar-refractivity contribution in [3.05, 3.63) is 35.9 Å². The van der Waals surface area contributed by atoms with Crippen molar-refractivity contribution in [2.45, 2.75) is 5.12 Å². The average Bonchev–Trinajstić information content (AvgIpc) is 1.88. The van der Waals surface area contributed by atoms with E-state index in [0.717, 1.165) is 0 Å². The van der Waals surface area contributed by atoms with Crippen LogP contribution in [0.1, 0.15) is 5.56 Å². The average molecular weight is 156 g/mol. The molecule has 2 N–H and O–H groups in total. The van der Waals surface area contributed by atoms with Crippen LogP contribution >= 0.6 is 12.6 Å². The molecule has 0 aromatic heterocycles. The Morgan fingerprint density at radius 1 is 1.10 bits per heavy atom. The van der Waals surface area contributed by atoms with Crippen LogP contribution in [0.2, 0.25) is 0 Å². The Morgan fingerprint density at radius 2 is 1.60 bits per heavy atom. The number of hydrogen-bond donors (Lipinski definition) is 3. The minimum absolute atomic E-state index is 0.373. The fourth-order valence-corrected chi connectivity index (χ4v) is 0.811. The molecule has 0 atom stereocenters. The first kappa shape index (κ1) is 7.60. The van der Waals surface area contributed by atoms with Crippen LogP contribution in [0.15, 0.2) is 30.3 Å². The van der Waals surface area contributed by atoms with E-state index in [4.69, 9.17) is 10.2 Å². The predicted octanol–water partition coefficient (Wildman–Crippen LogP) is 0.711. The maximum atomic E-state index is 8.91. The highest BCUT2D eigenvalue weighted by Gasteiger charge is 2.18. The summed E-state index contributed by atoms with van der Waals surface area (Å²) >= 11 is 3.56. The minimum Gasteiger partial charge on any atom is -0.354 e. The molecule has 0 spiro atoms. The Morgan fingerprint density at radius 3 is 1.90 bits per heavy atom. The van der Waals surface area contributed by atoms with E-state index >= 15 is 0 Å². The summed E-state index contributed by atoms with van der Waals surface area (Å²) in [4.78, 5) is 0. The second-order valence-electron chi connectivity index (χ2n) is 2.00. The van der Waals surface area contributed by atoms with Gasteiger partial charge in [0.2, 0.25) is 5.12 Å². The lowest BCUT2D eigenvalue weighted by molar-refractivity contribution is -0.0795. The van der Waals surface area contributed by atoms with Gasteiger partial charge in [-0.25, -0.2) is 0 Å². The molecule has 0 saturated carbocycles. The summed E-state index contributed by atoms with van der Waals surface area (Å²) in [6.07, 6.45) is 0. The quantitative estimate of drug-likeness (QED) is 0.414. The molecule has 0 radical (unpaired) electrons. The first-order valence-electron chi connectivity index (χ1n) is 2.83. The normalized spacial score (nSPS) is 11.5. The van der Waals surface area contributed by atoms with E-state index in [1.54, 1.807) is 30.3 Å². The van der Waals surface area contributed by atoms with Crippen molar-refractivity contribution in [3.63, 3.8) is 0 Å². The summed E-state index contributed by atoms with van der Waals surface area (Å²) in [6.45, 7) is 0. The maximum Gasteiger partial charge on any atom is 0.238 e. The van der Waals surface area contributed by atoms with Crippen LogP contribution in [-0.4, -0.2) is 10.2 Å². The summed E-state index contributed by atoms with van der Waals surface area (Å²) < 4.78 is 0. The third-order valence-electron chi connectivity index (χ3n) is 1.16. The molecule has 0 amide bonds. The van der Waals surface area contributed by atoms with Crippen LogP contribution in [0.25, 0.3) is 0 Å². The largest absolute Gasteiger partial charge is 0.354 e. The zero-order valence-corrected chi connectivity index (χ0v) is 6.12. The number of thiol groups is 1. The van der Waals surface area contributed by atoms with Gasteiger partial charge in [0, 0.05) is 5.56 Å². The lowest BCUT2D eigenvalue weighted by Gasteiger charge is -2.13. The van der Waals surface area contributed by atoms with Crippen LogP contribution in [0.4, 0.5) is 0 Å². The van der Waals surface area contributed by atoms with Crippen molar-refractivity contribution in [2.75, 3.05) is 0 Å². The highest BCUT2D eigenvalue weighted by Crippen LogP contribution is 2.20. The molecular weight excluding hydrogens is 148 g/mol. The fourth-order valence-electron chi connectivity index (χ4n) is 0.662. The first-order valence-corrected chi connectivity index (χ1v) is 3.28. The van der Waals surface area contributed by atoms with Gasteiger partial charge in [-0.15, -0.1) is 12.6 Å². The van der Waals surface area contributed by atoms with E-state index in [0.29, 0.717) is 5.56 Å². The zero-order chi connectivity index (χ0) is 7.61. The van der Waals surface area contributed by atoms with Crippen LogP contribution in [0.5, 0.6) is 0 Å².